The van der Waals surface area contributed by atoms with Crippen LogP contribution in [0, 0.1) is 13.8 Å². The highest BCUT2D eigenvalue weighted by atomic mass is 32.2. The maximum Gasteiger partial charge on any atom is 0.309 e. The molecule has 0 aliphatic carbocycles. The maximum absolute atomic E-state index is 11.8. The van der Waals surface area contributed by atoms with Gasteiger partial charge in [-0.05, 0) is 61.4 Å². The molecule has 0 spiro atoms. The summed E-state index contributed by atoms with van der Waals surface area (Å²) in [5.74, 6) is 0.473. The molecule has 0 aliphatic heterocycles. The Morgan fingerprint density at radius 3 is 1.54 bits per heavy atom. The first-order chi connectivity index (χ1) is 13.4. The molecular weight excluding hydrogens is 396 g/mol. The molecule has 0 radical (unpaired) electrons. The van der Waals surface area contributed by atoms with E-state index in [9.17, 15) is 19.8 Å². The minimum Gasteiger partial charge on any atom is -0.508 e. The number of phenols is 2. The number of aromatic hydroxyl groups is 2. The highest BCUT2D eigenvalue weighted by molar-refractivity contribution is 7.99. The van der Waals surface area contributed by atoms with Gasteiger partial charge in [0.2, 0.25) is 0 Å². The Hall–Kier alpha value is -2.32. The van der Waals surface area contributed by atoms with Crippen LogP contribution < -0.4 is 10.6 Å². The average Bonchev–Trinajstić information content (AvgIpc) is 2.67. The number of phenolic OH excluding ortho intramolecular Hbond substituents is 2. The van der Waals surface area contributed by atoms with Crippen molar-refractivity contribution in [2.45, 2.75) is 23.6 Å². The molecule has 0 bridgehead atoms. The largest absolute Gasteiger partial charge is 0.508 e. The van der Waals surface area contributed by atoms with E-state index >= 15 is 0 Å². The zero-order valence-electron chi connectivity index (χ0n) is 15.8. The summed E-state index contributed by atoms with van der Waals surface area (Å²) in [7, 11) is 0. The Kier molecular flexibility index (Phi) is 8.53. The molecule has 6 nitrogen and oxygen atoms in total. The molecule has 0 unspecified atom stereocenters. The molecule has 0 atom stereocenters. The van der Waals surface area contributed by atoms with Gasteiger partial charge in [0.1, 0.15) is 11.5 Å². The number of nitrogens with one attached hydrogen (secondary N) is 2. The second kappa shape index (κ2) is 10.9. The number of amides is 2. The number of hydrogen-bond acceptors (Lipinski definition) is 6. The maximum atomic E-state index is 11.8. The molecule has 8 heteroatoms. The zero-order valence-corrected chi connectivity index (χ0v) is 17.5. The quantitative estimate of drug-likeness (QED) is 0.298. The van der Waals surface area contributed by atoms with E-state index < -0.39 is 11.8 Å². The van der Waals surface area contributed by atoms with Gasteiger partial charge in [-0.25, -0.2) is 0 Å². The summed E-state index contributed by atoms with van der Waals surface area (Å²) < 4.78 is 0. The summed E-state index contributed by atoms with van der Waals surface area (Å²) in [4.78, 5) is 25.6. The van der Waals surface area contributed by atoms with Gasteiger partial charge in [-0.3, -0.25) is 9.59 Å². The van der Waals surface area contributed by atoms with E-state index in [0.717, 1.165) is 20.9 Å². The molecular formula is C20H24N2O4S2. The molecule has 2 amide bonds. The molecule has 28 heavy (non-hydrogen) atoms. The van der Waals surface area contributed by atoms with Crippen LogP contribution in [-0.2, 0) is 9.59 Å². The highest BCUT2D eigenvalue weighted by Gasteiger charge is 2.12. The second-order valence-electron chi connectivity index (χ2n) is 6.11. The van der Waals surface area contributed by atoms with Gasteiger partial charge in [0.25, 0.3) is 0 Å². The lowest BCUT2D eigenvalue weighted by Gasteiger charge is -2.08. The van der Waals surface area contributed by atoms with Crippen LogP contribution in [0.4, 0.5) is 0 Å². The summed E-state index contributed by atoms with van der Waals surface area (Å²) in [5, 5.41) is 24.2. The fourth-order valence-corrected chi connectivity index (χ4v) is 3.99. The van der Waals surface area contributed by atoms with E-state index in [0.29, 0.717) is 24.6 Å². The Morgan fingerprint density at radius 1 is 0.786 bits per heavy atom. The Balaban J connectivity index is 1.61. The minimum absolute atomic E-state index is 0.257. The van der Waals surface area contributed by atoms with E-state index in [4.69, 9.17) is 0 Å². The minimum atomic E-state index is -0.645. The van der Waals surface area contributed by atoms with Gasteiger partial charge in [-0.1, -0.05) is 0 Å². The average molecular weight is 421 g/mol. The first kappa shape index (κ1) is 22.0. The van der Waals surface area contributed by atoms with E-state index in [2.05, 4.69) is 10.6 Å². The molecule has 0 heterocycles. The van der Waals surface area contributed by atoms with E-state index in [-0.39, 0.29) is 11.5 Å². The number of carbonyl (C=O) groups excluding carboxylic acids is 2. The smallest absolute Gasteiger partial charge is 0.309 e. The first-order valence-corrected chi connectivity index (χ1v) is 10.7. The van der Waals surface area contributed by atoms with Crippen molar-refractivity contribution >= 4 is 35.3 Å². The van der Waals surface area contributed by atoms with Crippen molar-refractivity contribution in [1.29, 1.82) is 0 Å². The fraction of sp³-hybridized carbons (Fsp3) is 0.300. The van der Waals surface area contributed by atoms with Gasteiger partial charge in [-0.2, -0.15) is 0 Å². The number of aryl methyl sites for hydroxylation is 2. The Labute approximate surface area is 173 Å². The van der Waals surface area contributed by atoms with E-state index in [1.807, 2.05) is 38.1 Å². The van der Waals surface area contributed by atoms with Crippen LogP contribution in [0.25, 0.3) is 0 Å². The Morgan fingerprint density at radius 2 is 1.18 bits per heavy atom. The molecule has 0 aliphatic rings. The van der Waals surface area contributed by atoms with E-state index in [1.54, 1.807) is 12.1 Å². The summed E-state index contributed by atoms with van der Waals surface area (Å²) >= 11 is 3.08. The third kappa shape index (κ3) is 7.01. The van der Waals surface area contributed by atoms with Crippen molar-refractivity contribution < 1.29 is 19.8 Å². The summed E-state index contributed by atoms with van der Waals surface area (Å²) in [5.41, 5.74) is 1.60. The third-order valence-electron chi connectivity index (χ3n) is 3.86. The number of thioether (sulfide) groups is 2. The summed E-state index contributed by atoms with van der Waals surface area (Å²) in [6.45, 7) is 4.40. The second-order valence-corrected chi connectivity index (χ2v) is 8.44. The standard InChI is InChI=1S/C20H24N2O4S2/c1-13-11-15(3-5-17(13)23)27-9-7-21-19(25)20(26)22-8-10-28-16-4-6-18(24)14(2)12-16/h3-6,11-12,23-24H,7-10H2,1-2H3,(H,21,25)(H,22,26). The summed E-state index contributed by atoms with van der Waals surface area (Å²) in [6, 6.07) is 10.7. The lowest BCUT2D eigenvalue weighted by molar-refractivity contribution is -0.139. The van der Waals surface area contributed by atoms with Crippen molar-refractivity contribution in [3.05, 3.63) is 47.5 Å². The normalized spacial score (nSPS) is 10.5. The molecule has 0 aromatic heterocycles. The molecule has 0 saturated heterocycles. The molecule has 4 N–H and O–H groups in total. The van der Waals surface area contributed by atoms with Crippen molar-refractivity contribution in [3.63, 3.8) is 0 Å². The SMILES string of the molecule is Cc1cc(SCCNC(=O)C(=O)NCCSc2ccc(O)c(C)c2)ccc1O. The van der Waals surface area contributed by atoms with Crippen LogP contribution in [0.1, 0.15) is 11.1 Å². The van der Waals surface area contributed by atoms with Gasteiger partial charge in [0.05, 0.1) is 0 Å². The first-order valence-electron chi connectivity index (χ1n) is 8.77. The van der Waals surface area contributed by atoms with E-state index in [1.165, 1.54) is 23.5 Å². The van der Waals surface area contributed by atoms with Crippen LogP contribution in [0.3, 0.4) is 0 Å². The van der Waals surface area contributed by atoms with Gasteiger partial charge < -0.3 is 20.8 Å². The third-order valence-corrected chi connectivity index (χ3v) is 5.85. The number of rotatable bonds is 8. The lowest BCUT2D eigenvalue weighted by Crippen LogP contribution is -2.41. The van der Waals surface area contributed by atoms with Crippen LogP contribution in [0.15, 0.2) is 46.2 Å². The predicted octanol–water partition coefficient (Wildman–Crippen LogP) is 2.83. The molecule has 0 fully saturated rings. The zero-order chi connectivity index (χ0) is 20.5. The molecule has 2 aromatic rings. The fourth-order valence-electron chi connectivity index (χ4n) is 2.26. The predicted molar refractivity (Wildman–Crippen MR) is 113 cm³/mol. The topological polar surface area (TPSA) is 98.7 Å². The van der Waals surface area contributed by atoms with Gasteiger partial charge >= 0.3 is 11.8 Å². The van der Waals surface area contributed by atoms with Gasteiger partial charge in [0.15, 0.2) is 0 Å². The monoisotopic (exact) mass is 420 g/mol. The Bertz CT molecular complexity index is 773. The highest BCUT2D eigenvalue weighted by Crippen LogP contribution is 2.25. The number of hydrogen-bond donors (Lipinski definition) is 4. The van der Waals surface area contributed by atoms with Crippen LogP contribution in [-0.4, -0.2) is 46.6 Å². The lowest BCUT2D eigenvalue weighted by atomic mass is 10.2. The van der Waals surface area contributed by atoms with Crippen LogP contribution >= 0.6 is 23.5 Å². The molecule has 0 saturated carbocycles. The molecule has 2 aromatic carbocycles. The summed E-state index contributed by atoms with van der Waals surface area (Å²) in [6.07, 6.45) is 0. The number of benzene rings is 2. The van der Waals surface area contributed by atoms with Crippen molar-refractivity contribution in [2.75, 3.05) is 24.6 Å². The van der Waals surface area contributed by atoms with Gasteiger partial charge in [-0.15, -0.1) is 23.5 Å². The van der Waals surface area contributed by atoms with Crippen molar-refractivity contribution in [1.82, 2.24) is 10.6 Å². The van der Waals surface area contributed by atoms with Crippen LogP contribution in [0.2, 0.25) is 0 Å². The van der Waals surface area contributed by atoms with Crippen molar-refractivity contribution in [2.24, 2.45) is 0 Å². The molecule has 2 rings (SSSR count). The molecule has 150 valence electrons. The number of carbonyl (C=O) groups is 2. The van der Waals surface area contributed by atoms with Gasteiger partial charge in [0, 0.05) is 34.4 Å². The van der Waals surface area contributed by atoms with Crippen molar-refractivity contribution in [3.8, 4) is 11.5 Å². The van der Waals surface area contributed by atoms with Crippen LogP contribution in [0.5, 0.6) is 11.5 Å².